The highest BCUT2D eigenvalue weighted by Crippen LogP contribution is 2.24. The molecule has 2 rings (SSSR count). The number of halogens is 1. The summed E-state index contributed by atoms with van der Waals surface area (Å²) >= 11 is 0. The topological polar surface area (TPSA) is 64.1 Å². The molecule has 1 saturated carbocycles. The van der Waals surface area contributed by atoms with Crippen molar-refractivity contribution in [3.8, 4) is 5.75 Å². The van der Waals surface area contributed by atoms with Gasteiger partial charge in [0, 0.05) is 26.8 Å². The van der Waals surface area contributed by atoms with Gasteiger partial charge in [-0.25, -0.2) is 4.99 Å². The Morgan fingerprint density at radius 1 is 1.10 bits per heavy atom. The van der Waals surface area contributed by atoms with Gasteiger partial charge in [0.25, 0.3) is 0 Å². The van der Waals surface area contributed by atoms with Crippen LogP contribution >= 0.6 is 24.0 Å². The minimum absolute atomic E-state index is 0. The number of rotatable bonds is 12. The lowest BCUT2D eigenvalue weighted by Gasteiger charge is -2.23. The van der Waals surface area contributed by atoms with Crippen molar-refractivity contribution in [1.82, 2.24) is 10.6 Å². The monoisotopic (exact) mass is 519 g/mol. The van der Waals surface area contributed by atoms with Crippen LogP contribution in [0.15, 0.2) is 29.3 Å². The molecule has 29 heavy (non-hydrogen) atoms. The first-order chi connectivity index (χ1) is 13.8. The van der Waals surface area contributed by atoms with Crippen molar-refractivity contribution in [2.45, 2.75) is 58.1 Å². The van der Waals surface area contributed by atoms with Gasteiger partial charge in [0.1, 0.15) is 5.75 Å². The van der Waals surface area contributed by atoms with E-state index in [0.717, 1.165) is 43.4 Å². The van der Waals surface area contributed by atoms with E-state index < -0.39 is 0 Å². The van der Waals surface area contributed by atoms with Crippen LogP contribution in [0.5, 0.6) is 5.75 Å². The number of guanidine groups is 1. The summed E-state index contributed by atoms with van der Waals surface area (Å²) in [6.45, 7) is 6.36. The van der Waals surface area contributed by atoms with Crippen molar-refractivity contribution in [3.05, 3.63) is 29.8 Å². The molecule has 0 saturated heterocycles. The minimum Gasteiger partial charge on any atom is -0.490 e. The van der Waals surface area contributed by atoms with E-state index in [9.17, 15) is 0 Å². The van der Waals surface area contributed by atoms with Gasteiger partial charge in [0.05, 0.1) is 25.9 Å². The number of hydrogen-bond acceptors (Lipinski definition) is 4. The Morgan fingerprint density at radius 3 is 2.69 bits per heavy atom. The third-order valence-corrected chi connectivity index (χ3v) is 4.71. The smallest absolute Gasteiger partial charge is 0.191 e. The van der Waals surface area contributed by atoms with Crippen molar-refractivity contribution in [2.75, 3.05) is 40.0 Å². The van der Waals surface area contributed by atoms with Crippen LogP contribution in [0, 0.1) is 0 Å². The first-order valence-electron chi connectivity index (χ1n) is 10.7. The van der Waals surface area contributed by atoms with Crippen LogP contribution in [0.25, 0.3) is 0 Å². The Hall–Kier alpha value is -1.06. The Balaban J connectivity index is 0.00000420. The van der Waals surface area contributed by atoms with E-state index in [1.54, 1.807) is 7.11 Å². The van der Waals surface area contributed by atoms with Gasteiger partial charge in [-0.05, 0) is 56.7 Å². The number of benzene rings is 1. The fourth-order valence-corrected chi connectivity index (χ4v) is 3.23. The van der Waals surface area contributed by atoms with Crippen molar-refractivity contribution >= 4 is 29.9 Å². The maximum atomic E-state index is 6.17. The Kier molecular flexibility index (Phi) is 15.0. The summed E-state index contributed by atoms with van der Waals surface area (Å²) in [7, 11) is 1.68. The largest absolute Gasteiger partial charge is 0.490 e. The maximum Gasteiger partial charge on any atom is 0.191 e. The van der Waals surface area contributed by atoms with Crippen molar-refractivity contribution in [1.29, 1.82) is 0 Å². The summed E-state index contributed by atoms with van der Waals surface area (Å²) in [5.41, 5.74) is 1.16. The molecule has 0 bridgehead atoms. The molecule has 0 radical (unpaired) electrons. The molecule has 7 heteroatoms. The average Bonchev–Trinajstić information content (AvgIpc) is 2.72. The van der Waals surface area contributed by atoms with Gasteiger partial charge in [-0.3, -0.25) is 0 Å². The highest BCUT2D eigenvalue weighted by Gasteiger charge is 2.14. The number of methoxy groups -OCH3 is 1. The van der Waals surface area contributed by atoms with E-state index in [1.165, 1.54) is 32.1 Å². The fraction of sp³-hybridized carbons (Fsp3) is 0.682. The van der Waals surface area contributed by atoms with Crippen LogP contribution < -0.4 is 15.4 Å². The van der Waals surface area contributed by atoms with Crippen LogP contribution in [0.4, 0.5) is 0 Å². The van der Waals surface area contributed by atoms with Crippen LogP contribution in [0.3, 0.4) is 0 Å². The number of nitrogens with zero attached hydrogens (tertiary/aromatic N) is 1. The number of ether oxygens (including phenoxy) is 3. The fourth-order valence-electron chi connectivity index (χ4n) is 3.23. The van der Waals surface area contributed by atoms with Gasteiger partial charge < -0.3 is 24.8 Å². The average molecular weight is 519 g/mol. The third kappa shape index (κ3) is 11.6. The molecule has 0 aromatic heterocycles. The highest BCUT2D eigenvalue weighted by atomic mass is 127. The van der Waals surface area contributed by atoms with Crippen LogP contribution in [-0.2, 0) is 16.0 Å². The zero-order valence-electron chi connectivity index (χ0n) is 18.0. The maximum absolute atomic E-state index is 6.17. The van der Waals surface area contributed by atoms with Gasteiger partial charge in [-0.15, -0.1) is 24.0 Å². The normalized spacial score (nSPS) is 14.9. The molecular weight excluding hydrogens is 481 g/mol. The van der Waals surface area contributed by atoms with Crippen molar-refractivity contribution < 1.29 is 14.2 Å². The summed E-state index contributed by atoms with van der Waals surface area (Å²) < 4.78 is 16.6. The van der Waals surface area contributed by atoms with Gasteiger partial charge >= 0.3 is 0 Å². The Bertz CT molecular complexity index is 566. The number of aliphatic imine (C=N–C) groups is 1. The van der Waals surface area contributed by atoms with Crippen LogP contribution in [-0.4, -0.2) is 52.1 Å². The molecule has 1 aromatic rings. The third-order valence-electron chi connectivity index (χ3n) is 4.71. The molecule has 0 spiro atoms. The number of nitrogens with one attached hydrogen (secondary N) is 2. The second-order valence-corrected chi connectivity index (χ2v) is 7.11. The zero-order valence-corrected chi connectivity index (χ0v) is 20.3. The molecule has 1 aromatic carbocycles. The molecule has 1 aliphatic carbocycles. The van der Waals surface area contributed by atoms with Gasteiger partial charge in [0.15, 0.2) is 5.96 Å². The quantitative estimate of drug-likeness (QED) is 0.188. The Morgan fingerprint density at radius 2 is 1.93 bits per heavy atom. The minimum atomic E-state index is 0. The van der Waals surface area contributed by atoms with E-state index in [1.807, 2.05) is 0 Å². The van der Waals surface area contributed by atoms with Gasteiger partial charge in [0.2, 0.25) is 0 Å². The zero-order chi connectivity index (χ0) is 19.9. The molecule has 0 aliphatic heterocycles. The molecule has 0 unspecified atom stereocenters. The second-order valence-electron chi connectivity index (χ2n) is 7.11. The van der Waals surface area contributed by atoms with Crippen LogP contribution in [0.1, 0.15) is 51.0 Å². The lowest BCUT2D eigenvalue weighted by Crippen LogP contribution is -2.38. The van der Waals surface area contributed by atoms with E-state index >= 15 is 0 Å². The SMILES string of the molecule is CCNC(=NCc1cccc(OC2CCCCC2)c1)NCCCOCCOC.I. The molecule has 166 valence electrons. The molecule has 2 N–H and O–H groups in total. The highest BCUT2D eigenvalue weighted by molar-refractivity contribution is 14.0. The predicted molar refractivity (Wildman–Crippen MR) is 129 cm³/mol. The first kappa shape index (κ1) is 26.0. The number of hydrogen-bond donors (Lipinski definition) is 2. The molecule has 6 nitrogen and oxygen atoms in total. The van der Waals surface area contributed by atoms with Gasteiger partial charge in [-0.1, -0.05) is 18.6 Å². The van der Waals surface area contributed by atoms with E-state index in [0.29, 0.717) is 25.9 Å². The molecular formula is C22H38IN3O3. The molecule has 1 aliphatic rings. The van der Waals surface area contributed by atoms with Crippen molar-refractivity contribution in [3.63, 3.8) is 0 Å². The molecule has 0 heterocycles. The van der Waals surface area contributed by atoms with E-state index in [4.69, 9.17) is 19.2 Å². The standard InChI is InChI=1S/C22H37N3O3.HI/c1-3-23-22(24-13-8-14-27-16-15-26-2)25-18-19-9-7-12-21(17-19)28-20-10-5-4-6-11-20;/h7,9,12,17,20H,3-6,8,10-11,13-16,18H2,1-2H3,(H2,23,24,25);1H. The van der Waals surface area contributed by atoms with E-state index in [2.05, 4.69) is 41.8 Å². The summed E-state index contributed by atoms with van der Waals surface area (Å²) in [5, 5.41) is 6.65. The predicted octanol–water partition coefficient (Wildman–Crippen LogP) is 4.12. The summed E-state index contributed by atoms with van der Waals surface area (Å²) in [6, 6.07) is 8.32. The Labute approximate surface area is 193 Å². The molecule has 0 amide bonds. The van der Waals surface area contributed by atoms with E-state index in [-0.39, 0.29) is 24.0 Å². The second kappa shape index (κ2) is 16.7. The first-order valence-corrected chi connectivity index (χ1v) is 10.7. The summed E-state index contributed by atoms with van der Waals surface area (Å²) in [5.74, 6) is 1.80. The summed E-state index contributed by atoms with van der Waals surface area (Å²) in [6.07, 6.45) is 7.55. The molecule has 1 fully saturated rings. The van der Waals surface area contributed by atoms with Crippen molar-refractivity contribution in [2.24, 2.45) is 4.99 Å². The molecule has 0 atom stereocenters. The van der Waals surface area contributed by atoms with Crippen LogP contribution in [0.2, 0.25) is 0 Å². The lowest BCUT2D eigenvalue weighted by molar-refractivity contribution is 0.0698. The summed E-state index contributed by atoms with van der Waals surface area (Å²) in [4.78, 5) is 4.70. The van der Waals surface area contributed by atoms with Gasteiger partial charge in [-0.2, -0.15) is 0 Å². The lowest BCUT2D eigenvalue weighted by atomic mass is 9.98.